The van der Waals surface area contributed by atoms with E-state index in [0.717, 1.165) is 10.1 Å². The number of unbranched alkanes of at least 4 members (excludes halogenated alkanes) is 1. The van der Waals surface area contributed by atoms with Crippen LogP contribution in [-0.2, 0) is 20.0 Å². The molecule has 2 aliphatic carbocycles. The number of hydrogen-bond acceptors (Lipinski definition) is 0. The molecule has 0 spiro atoms. The van der Waals surface area contributed by atoms with Gasteiger partial charge >= 0.3 is 259 Å². The van der Waals surface area contributed by atoms with Crippen LogP contribution in [0.1, 0.15) is 63.5 Å². The van der Waals surface area contributed by atoms with Gasteiger partial charge in [-0.25, -0.2) is 0 Å². The first-order valence-corrected chi connectivity index (χ1v) is 26.0. The van der Waals surface area contributed by atoms with Gasteiger partial charge < -0.3 is 0 Å². The third-order valence-corrected chi connectivity index (χ3v) is 32.2. The zero-order valence-corrected chi connectivity index (χ0v) is 29.2. The Bertz CT molecular complexity index is 1560. The number of fused-ring (bicyclic) bond motifs is 3. The molecule has 3 aliphatic rings. The first-order chi connectivity index (χ1) is 20.6. The number of hydrogen-bond donors (Lipinski definition) is 0. The second-order valence-electron chi connectivity index (χ2n) is 13.4. The molecular formula is C41H44Hf. The van der Waals surface area contributed by atoms with Gasteiger partial charge in [-0.15, -0.1) is 0 Å². The Morgan fingerprint density at radius 2 is 1.31 bits per heavy atom. The molecule has 0 bridgehead atoms. The van der Waals surface area contributed by atoms with Gasteiger partial charge in [0.05, 0.1) is 0 Å². The van der Waals surface area contributed by atoms with Crippen LogP contribution >= 0.6 is 0 Å². The Morgan fingerprint density at radius 1 is 0.738 bits per heavy atom. The maximum atomic E-state index is 2.62. The van der Waals surface area contributed by atoms with Crippen molar-refractivity contribution in [2.45, 2.75) is 68.6 Å². The molecule has 1 heterocycles. The second-order valence-corrected chi connectivity index (χ2v) is 31.2. The predicted molar refractivity (Wildman–Crippen MR) is 178 cm³/mol. The monoisotopic (exact) mass is 716 g/mol. The van der Waals surface area contributed by atoms with Gasteiger partial charge in [0.1, 0.15) is 0 Å². The summed E-state index contributed by atoms with van der Waals surface area (Å²) in [6.07, 6.45) is 12.4. The van der Waals surface area contributed by atoms with Gasteiger partial charge in [-0.05, 0) is 0 Å². The Labute approximate surface area is 257 Å². The molecule has 1 saturated heterocycles. The minimum atomic E-state index is -2.42. The molecule has 3 unspecified atom stereocenters. The average molecular weight is 715 g/mol. The van der Waals surface area contributed by atoms with E-state index in [0.29, 0.717) is 5.92 Å². The van der Waals surface area contributed by atoms with E-state index in [2.05, 4.69) is 136 Å². The summed E-state index contributed by atoms with van der Waals surface area (Å²) in [6, 6.07) is 36.8. The quantitative estimate of drug-likeness (QED) is 0.143. The summed E-state index contributed by atoms with van der Waals surface area (Å²) in [5.41, 5.74) is 13.3. The molecule has 1 heteroatoms. The molecule has 0 aromatic heterocycles. The maximum absolute atomic E-state index is 2.62. The van der Waals surface area contributed by atoms with Gasteiger partial charge in [0.15, 0.2) is 0 Å². The van der Waals surface area contributed by atoms with Crippen molar-refractivity contribution in [3.05, 3.63) is 132 Å². The van der Waals surface area contributed by atoms with Crippen molar-refractivity contribution in [2.75, 3.05) is 0 Å². The van der Waals surface area contributed by atoms with Crippen molar-refractivity contribution in [1.29, 1.82) is 0 Å². The molecule has 0 saturated carbocycles. The SMILES string of the molecule is CCC[CH2][Hf]1([CH2]C(CC)(C2=CC=CC2)C2c3cc(-c4ccccc4)ccc3-c3ccc(-c4ccccc4)cc32)[CH2][CH]1C. The van der Waals surface area contributed by atoms with Gasteiger partial charge in [-0.3, -0.25) is 0 Å². The van der Waals surface area contributed by atoms with Crippen molar-refractivity contribution in [1.82, 2.24) is 0 Å². The van der Waals surface area contributed by atoms with Crippen LogP contribution in [0.5, 0.6) is 0 Å². The van der Waals surface area contributed by atoms with E-state index >= 15 is 0 Å². The van der Waals surface area contributed by atoms with Crippen LogP contribution in [0.25, 0.3) is 33.4 Å². The molecule has 3 atom stereocenters. The summed E-state index contributed by atoms with van der Waals surface area (Å²) in [6.45, 7) is 7.54. The molecule has 4 aromatic carbocycles. The summed E-state index contributed by atoms with van der Waals surface area (Å²) in [5.74, 6) is 0.400. The Kier molecular flexibility index (Phi) is 7.60. The predicted octanol–water partition coefficient (Wildman–Crippen LogP) is 12.4. The number of allylic oxidation sites excluding steroid dienone is 4. The Balaban J connectivity index is 1.45. The van der Waals surface area contributed by atoms with E-state index in [1.54, 1.807) is 25.1 Å². The van der Waals surface area contributed by atoms with Crippen LogP contribution in [0.2, 0.25) is 16.2 Å². The van der Waals surface area contributed by atoms with E-state index in [-0.39, 0.29) is 5.41 Å². The van der Waals surface area contributed by atoms with Crippen molar-refractivity contribution >= 4 is 0 Å². The van der Waals surface area contributed by atoms with E-state index in [4.69, 9.17) is 0 Å². The first kappa shape index (κ1) is 28.0. The number of benzene rings is 4. The van der Waals surface area contributed by atoms with Crippen LogP contribution in [0, 0.1) is 5.41 Å². The second kappa shape index (κ2) is 11.4. The van der Waals surface area contributed by atoms with Gasteiger partial charge in [0.2, 0.25) is 0 Å². The van der Waals surface area contributed by atoms with Crippen LogP contribution in [0.4, 0.5) is 0 Å². The molecule has 0 amide bonds. The molecule has 212 valence electrons. The molecule has 0 nitrogen and oxygen atoms in total. The van der Waals surface area contributed by atoms with E-state index in [9.17, 15) is 0 Å². The third-order valence-electron chi connectivity index (χ3n) is 11.1. The van der Waals surface area contributed by atoms with Gasteiger partial charge in [0, 0.05) is 0 Å². The summed E-state index contributed by atoms with van der Waals surface area (Å²) in [5, 5.41) is 0. The molecule has 4 aromatic rings. The fourth-order valence-corrected chi connectivity index (χ4v) is 36.8. The number of rotatable bonds is 10. The first-order valence-electron chi connectivity index (χ1n) is 16.3. The van der Waals surface area contributed by atoms with Gasteiger partial charge in [0.25, 0.3) is 0 Å². The van der Waals surface area contributed by atoms with Crippen LogP contribution in [0.15, 0.2) is 121 Å². The molecule has 0 N–H and O–H groups in total. The summed E-state index contributed by atoms with van der Waals surface area (Å²) in [4.78, 5) is 0. The van der Waals surface area contributed by atoms with E-state index in [1.807, 2.05) is 0 Å². The van der Waals surface area contributed by atoms with Crippen molar-refractivity contribution < 1.29 is 20.0 Å². The minimum absolute atomic E-state index is 0.189. The van der Waals surface area contributed by atoms with Crippen molar-refractivity contribution in [3.63, 3.8) is 0 Å². The molecule has 0 radical (unpaired) electrons. The van der Waals surface area contributed by atoms with Crippen LogP contribution < -0.4 is 0 Å². The van der Waals surface area contributed by atoms with E-state index < -0.39 is 20.0 Å². The Hall–Kier alpha value is -2.77. The fourth-order valence-electron chi connectivity index (χ4n) is 8.64. The summed E-state index contributed by atoms with van der Waals surface area (Å²) in [7, 11) is 0. The normalized spacial score (nSPS) is 22.0. The van der Waals surface area contributed by atoms with E-state index in [1.165, 1.54) is 56.8 Å². The zero-order chi connectivity index (χ0) is 28.7. The molecule has 1 fully saturated rings. The standard InChI is InChI=1S/C34H29.C4H9.C3H6.Hf/c1-3-34(2,28-16-10-11-17-28)33-31-22-26(24-12-6-4-7-13-24)18-20-29(31)30-21-19-27(23-32(30)33)25-14-8-5-9-15-25;1-3-4-2;1-3-2;/h4-16,18-23,33H,2-3,17H2,1H3;1,3-4H2,2H3;3H,1H2,2H3;. The van der Waals surface area contributed by atoms with Crippen LogP contribution in [0.3, 0.4) is 0 Å². The van der Waals surface area contributed by atoms with Crippen LogP contribution in [-0.4, -0.2) is 0 Å². The Morgan fingerprint density at radius 3 is 1.76 bits per heavy atom. The molecule has 7 rings (SSSR count). The topological polar surface area (TPSA) is 0 Å². The summed E-state index contributed by atoms with van der Waals surface area (Å²) >= 11 is -2.42. The third kappa shape index (κ3) is 4.77. The fraction of sp³-hybridized carbons (Fsp3) is 0.317. The molecule has 42 heavy (non-hydrogen) atoms. The average Bonchev–Trinajstić information content (AvgIpc) is 3.38. The summed E-state index contributed by atoms with van der Waals surface area (Å²) < 4.78 is 5.75. The molecular weight excluding hydrogens is 671 g/mol. The van der Waals surface area contributed by atoms with Crippen molar-refractivity contribution in [3.8, 4) is 33.4 Å². The zero-order valence-electron chi connectivity index (χ0n) is 25.6. The van der Waals surface area contributed by atoms with Gasteiger partial charge in [-0.1, -0.05) is 0 Å². The van der Waals surface area contributed by atoms with Gasteiger partial charge in [-0.2, -0.15) is 0 Å². The van der Waals surface area contributed by atoms with Crippen molar-refractivity contribution in [2.24, 2.45) is 5.41 Å². The molecule has 1 aliphatic heterocycles.